The van der Waals surface area contributed by atoms with Crippen LogP contribution in [0, 0.1) is 12.8 Å². The van der Waals surface area contributed by atoms with Crippen molar-refractivity contribution in [1.82, 2.24) is 9.80 Å². The number of carbonyl (C=O) groups is 2. The average molecular weight is 498 g/mol. The molecule has 9 heteroatoms. The zero-order valence-electron chi connectivity index (χ0n) is 19.9. The summed E-state index contributed by atoms with van der Waals surface area (Å²) in [5, 5.41) is 3.33. The average Bonchev–Trinajstić information content (AvgIpc) is 2.75. The number of amides is 2. The summed E-state index contributed by atoms with van der Waals surface area (Å²) in [6.07, 6.45) is 6.63. The Labute approximate surface area is 202 Å². The SMILES string of the molecule is Cc1c(CN2CCN(C(=O)C3CCCCC3)[C@@H](C)C2)cc(Cl)cc1NC(=O)CCS(C)(=O)=O. The Balaban J connectivity index is 1.61. The van der Waals surface area contributed by atoms with E-state index in [0.29, 0.717) is 23.2 Å². The van der Waals surface area contributed by atoms with E-state index < -0.39 is 9.84 Å². The van der Waals surface area contributed by atoms with Gasteiger partial charge in [0, 0.05) is 61.5 Å². The Morgan fingerprint density at radius 3 is 2.48 bits per heavy atom. The standard InChI is InChI=1S/C24H36ClN3O4S/c1-17-15-27(10-11-28(17)24(30)19-7-5-4-6-8-19)16-20-13-21(25)14-22(18(20)2)26-23(29)9-12-33(3,31)32/h13-14,17,19H,4-12,15-16H2,1-3H3,(H,26,29)/t17-/m0/s1. The predicted molar refractivity (Wildman–Crippen MR) is 132 cm³/mol. The number of hydrogen-bond acceptors (Lipinski definition) is 5. The zero-order valence-corrected chi connectivity index (χ0v) is 21.5. The summed E-state index contributed by atoms with van der Waals surface area (Å²) in [7, 11) is -3.20. The molecule has 1 atom stereocenters. The van der Waals surface area contributed by atoms with E-state index in [0.717, 1.165) is 62.7 Å². The molecule has 0 aromatic heterocycles. The number of benzene rings is 1. The van der Waals surface area contributed by atoms with Crippen LogP contribution < -0.4 is 5.32 Å². The molecular formula is C24H36ClN3O4S. The fourth-order valence-corrected chi connectivity index (χ4v) is 5.65. The van der Waals surface area contributed by atoms with E-state index in [9.17, 15) is 18.0 Å². The number of hydrogen-bond donors (Lipinski definition) is 1. The van der Waals surface area contributed by atoms with E-state index in [4.69, 9.17) is 11.6 Å². The number of sulfone groups is 1. The fourth-order valence-electron chi connectivity index (χ4n) is 4.85. The van der Waals surface area contributed by atoms with Crippen molar-refractivity contribution in [2.24, 2.45) is 5.92 Å². The van der Waals surface area contributed by atoms with Crippen LogP contribution in [0.2, 0.25) is 5.02 Å². The Morgan fingerprint density at radius 1 is 1.15 bits per heavy atom. The largest absolute Gasteiger partial charge is 0.337 e. The minimum absolute atomic E-state index is 0.0887. The number of nitrogens with one attached hydrogen (secondary N) is 1. The lowest BCUT2D eigenvalue weighted by atomic mass is 9.87. The van der Waals surface area contributed by atoms with Gasteiger partial charge in [-0.3, -0.25) is 14.5 Å². The first-order chi connectivity index (χ1) is 15.5. The number of piperazine rings is 1. The third-order valence-electron chi connectivity index (χ3n) is 6.80. The van der Waals surface area contributed by atoms with Crippen LogP contribution in [-0.4, -0.2) is 67.7 Å². The number of nitrogens with zero attached hydrogens (tertiary/aromatic N) is 2. The summed E-state index contributed by atoms with van der Waals surface area (Å²) < 4.78 is 22.7. The molecule has 1 saturated carbocycles. The maximum atomic E-state index is 13.0. The van der Waals surface area contributed by atoms with Gasteiger partial charge in [0.1, 0.15) is 9.84 Å². The molecule has 1 aliphatic heterocycles. The second kappa shape index (κ2) is 11.2. The van der Waals surface area contributed by atoms with Crippen LogP contribution in [0.1, 0.15) is 56.6 Å². The van der Waals surface area contributed by atoms with Crippen LogP contribution in [0.4, 0.5) is 5.69 Å². The van der Waals surface area contributed by atoms with Gasteiger partial charge in [0.05, 0.1) is 5.75 Å². The molecule has 2 aliphatic rings. The molecule has 0 spiro atoms. The van der Waals surface area contributed by atoms with Crippen molar-refractivity contribution in [3.05, 3.63) is 28.3 Å². The van der Waals surface area contributed by atoms with E-state index >= 15 is 0 Å². The third-order valence-corrected chi connectivity index (χ3v) is 7.96. The normalized spacial score (nSPS) is 20.6. The number of rotatable bonds is 7. The zero-order chi connectivity index (χ0) is 24.2. The van der Waals surface area contributed by atoms with Gasteiger partial charge in [-0.1, -0.05) is 30.9 Å². The number of carbonyl (C=O) groups excluding carboxylic acids is 2. The maximum absolute atomic E-state index is 13.0. The van der Waals surface area contributed by atoms with Crippen molar-refractivity contribution in [3.63, 3.8) is 0 Å². The highest BCUT2D eigenvalue weighted by molar-refractivity contribution is 7.90. The lowest BCUT2D eigenvalue weighted by Crippen LogP contribution is -2.55. The van der Waals surface area contributed by atoms with Crippen molar-refractivity contribution >= 4 is 38.9 Å². The van der Waals surface area contributed by atoms with Crippen LogP contribution >= 0.6 is 11.6 Å². The van der Waals surface area contributed by atoms with Crippen LogP contribution in [0.25, 0.3) is 0 Å². The first-order valence-corrected chi connectivity index (χ1v) is 14.3. The number of halogens is 1. The molecule has 1 aromatic carbocycles. The minimum Gasteiger partial charge on any atom is -0.337 e. The predicted octanol–water partition coefficient (Wildman–Crippen LogP) is 3.63. The smallest absolute Gasteiger partial charge is 0.226 e. The van der Waals surface area contributed by atoms with Crippen molar-refractivity contribution in [3.8, 4) is 0 Å². The molecule has 7 nitrogen and oxygen atoms in total. The molecular weight excluding hydrogens is 462 g/mol. The van der Waals surface area contributed by atoms with E-state index in [1.54, 1.807) is 6.07 Å². The monoisotopic (exact) mass is 497 g/mol. The van der Waals surface area contributed by atoms with Crippen LogP contribution in [0.15, 0.2) is 12.1 Å². The van der Waals surface area contributed by atoms with Gasteiger partial charge in [0.25, 0.3) is 0 Å². The number of anilines is 1. The van der Waals surface area contributed by atoms with E-state index in [2.05, 4.69) is 22.0 Å². The summed E-state index contributed by atoms with van der Waals surface area (Å²) >= 11 is 6.33. The lowest BCUT2D eigenvalue weighted by molar-refractivity contribution is -0.141. The lowest BCUT2D eigenvalue weighted by Gasteiger charge is -2.42. The molecule has 1 saturated heterocycles. The fraction of sp³-hybridized carbons (Fsp3) is 0.667. The molecule has 2 amide bonds. The highest BCUT2D eigenvalue weighted by atomic mass is 35.5. The molecule has 0 radical (unpaired) electrons. The Morgan fingerprint density at radius 2 is 1.85 bits per heavy atom. The molecule has 0 unspecified atom stereocenters. The van der Waals surface area contributed by atoms with Gasteiger partial charge in [0.2, 0.25) is 11.8 Å². The van der Waals surface area contributed by atoms with Crippen LogP contribution in [0.5, 0.6) is 0 Å². The van der Waals surface area contributed by atoms with E-state index in [1.807, 2.05) is 13.0 Å². The van der Waals surface area contributed by atoms with Gasteiger partial charge < -0.3 is 10.2 Å². The van der Waals surface area contributed by atoms with Gasteiger partial charge in [-0.15, -0.1) is 0 Å². The van der Waals surface area contributed by atoms with Crippen molar-refractivity contribution in [2.75, 3.05) is 37.0 Å². The Hall–Kier alpha value is -1.64. The van der Waals surface area contributed by atoms with Gasteiger partial charge in [-0.2, -0.15) is 0 Å². The summed E-state index contributed by atoms with van der Waals surface area (Å²) in [6, 6.07) is 3.76. The van der Waals surface area contributed by atoms with Crippen molar-refractivity contribution < 1.29 is 18.0 Å². The van der Waals surface area contributed by atoms with Gasteiger partial charge in [-0.05, 0) is 49.9 Å². The molecule has 1 N–H and O–H groups in total. The second-order valence-electron chi connectivity index (χ2n) is 9.62. The van der Waals surface area contributed by atoms with Crippen LogP contribution in [-0.2, 0) is 26.0 Å². The van der Waals surface area contributed by atoms with E-state index in [1.165, 1.54) is 6.42 Å². The topological polar surface area (TPSA) is 86.8 Å². The quantitative estimate of drug-likeness (QED) is 0.621. The molecule has 184 valence electrons. The molecule has 1 aromatic rings. The van der Waals surface area contributed by atoms with Crippen molar-refractivity contribution in [2.45, 2.75) is 65.0 Å². The van der Waals surface area contributed by atoms with Gasteiger partial charge in [0.15, 0.2) is 0 Å². The highest BCUT2D eigenvalue weighted by Gasteiger charge is 2.32. The molecule has 33 heavy (non-hydrogen) atoms. The minimum atomic E-state index is -3.20. The van der Waals surface area contributed by atoms with Crippen LogP contribution in [0.3, 0.4) is 0 Å². The first kappa shape index (κ1) is 26.0. The summed E-state index contributed by atoms with van der Waals surface area (Å²) in [5.74, 6) is -0.0237. The molecule has 1 aliphatic carbocycles. The van der Waals surface area contributed by atoms with Gasteiger partial charge in [-0.25, -0.2) is 8.42 Å². The maximum Gasteiger partial charge on any atom is 0.226 e. The molecule has 0 bridgehead atoms. The Kier molecular flexibility index (Phi) is 8.81. The third kappa shape index (κ3) is 7.42. The molecule has 3 rings (SSSR count). The highest BCUT2D eigenvalue weighted by Crippen LogP contribution is 2.29. The Bertz CT molecular complexity index is 976. The summed E-state index contributed by atoms with van der Waals surface area (Å²) in [5.41, 5.74) is 2.54. The second-order valence-corrected chi connectivity index (χ2v) is 12.3. The molecule has 2 fully saturated rings. The first-order valence-electron chi connectivity index (χ1n) is 11.8. The van der Waals surface area contributed by atoms with Gasteiger partial charge >= 0.3 is 0 Å². The molecule has 1 heterocycles. The van der Waals surface area contributed by atoms with E-state index in [-0.39, 0.29) is 30.0 Å². The summed E-state index contributed by atoms with van der Waals surface area (Å²) in [4.78, 5) is 29.6. The summed E-state index contributed by atoms with van der Waals surface area (Å²) in [6.45, 7) is 7.04. The van der Waals surface area contributed by atoms with Crippen molar-refractivity contribution in [1.29, 1.82) is 0 Å².